The Bertz CT molecular complexity index is 722. The Morgan fingerprint density at radius 1 is 1.42 bits per heavy atom. The fourth-order valence-electron chi connectivity index (χ4n) is 2.82. The van der Waals surface area contributed by atoms with Gasteiger partial charge in [0.1, 0.15) is 17.3 Å². The van der Waals surface area contributed by atoms with E-state index in [1.165, 1.54) is 10.7 Å². The summed E-state index contributed by atoms with van der Waals surface area (Å²) in [7, 11) is 0. The normalized spacial score (nSPS) is 17.9. The van der Waals surface area contributed by atoms with E-state index in [0.29, 0.717) is 11.5 Å². The maximum absolute atomic E-state index is 14.1. The average Bonchev–Trinajstić information content (AvgIpc) is 3.02. The third-order valence-electron chi connectivity index (χ3n) is 4.06. The molecule has 2 N–H and O–H groups in total. The molecule has 1 amide bonds. The van der Waals surface area contributed by atoms with Crippen LogP contribution in [0.1, 0.15) is 49.1 Å². The highest BCUT2D eigenvalue weighted by Crippen LogP contribution is 2.19. The number of para-hydroxylation sites is 1. The first-order valence-electron chi connectivity index (χ1n) is 8.29. The quantitative estimate of drug-likeness (QED) is 0.899. The zero-order valence-electron chi connectivity index (χ0n) is 13.9. The third kappa shape index (κ3) is 3.46. The molecule has 1 fully saturated rings. The Kier molecular flexibility index (Phi) is 4.89. The molecule has 1 aliphatic heterocycles. The van der Waals surface area contributed by atoms with Gasteiger partial charge >= 0.3 is 0 Å². The summed E-state index contributed by atoms with van der Waals surface area (Å²) < 4.78 is 15.5. The number of rotatable bonds is 4. The maximum Gasteiger partial charge on any atom is 0.291 e. The van der Waals surface area contributed by atoms with Gasteiger partial charge < -0.3 is 10.6 Å². The number of hydrogen-bond donors (Lipinski definition) is 2. The molecule has 6 nitrogen and oxygen atoms in total. The Morgan fingerprint density at radius 3 is 2.88 bits per heavy atom. The number of carbonyl (C=O) groups excluding carboxylic acids is 1. The van der Waals surface area contributed by atoms with Gasteiger partial charge in [0.15, 0.2) is 0 Å². The number of halogens is 1. The molecule has 1 aliphatic rings. The second kappa shape index (κ2) is 7.09. The lowest BCUT2D eigenvalue weighted by molar-refractivity contribution is 0.0920. The molecule has 1 aromatic carbocycles. The molecule has 0 radical (unpaired) electrons. The van der Waals surface area contributed by atoms with Crippen molar-refractivity contribution in [3.63, 3.8) is 0 Å². The van der Waals surface area contributed by atoms with E-state index in [1.807, 2.05) is 13.8 Å². The van der Waals surface area contributed by atoms with Gasteiger partial charge in [-0.1, -0.05) is 26.0 Å². The Labute approximate surface area is 140 Å². The first kappa shape index (κ1) is 16.6. The number of amides is 1. The molecule has 128 valence electrons. The summed E-state index contributed by atoms with van der Waals surface area (Å²) in [6, 6.07) is 6.43. The highest BCUT2D eigenvalue weighted by molar-refractivity contribution is 5.90. The second-order valence-electron chi connectivity index (χ2n) is 6.33. The van der Waals surface area contributed by atoms with E-state index in [2.05, 4.69) is 20.7 Å². The van der Waals surface area contributed by atoms with Crippen LogP contribution in [0.5, 0.6) is 0 Å². The summed E-state index contributed by atoms with van der Waals surface area (Å²) in [5.74, 6) is -0.0667. The van der Waals surface area contributed by atoms with Crippen molar-refractivity contribution >= 4 is 5.91 Å². The zero-order chi connectivity index (χ0) is 17.1. The lowest BCUT2D eigenvalue weighted by Crippen LogP contribution is -2.45. The van der Waals surface area contributed by atoms with Crippen LogP contribution in [0.4, 0.5) is 4.39 Å². The van der Waals surface area contributed by atoms with Crippen LogP contribution in [-0.2, 0) is 0 Å². The van der Waals surface area contributed by atoms with Crippen LogP contribution in [-0.4, -0.2) is 39.8 Å². The summed E-state index contributed by atoms with van der Waals surface area (Å²) in [5, 5.41) is 10.5. The Morgan fingerprint density at radius 2 is 2.21 bits per heavy atom. The standard InChI is InChI=1S/C17H22FN5O/c1-11(2)16-21-15(17(24)20-12-6-5-9-19-10-12)22-23(16)14-8-4-3-7-13(14)18/h3-4,7-8,11-12,19H,5-6,9-10H2,1-2H3,(H,20,24)/t12-/m0/s1. The summed E-state index contributed by atoms with van der Waals surface area (Å²) in [6.07, 6.45) is 1.96. The van der Waals surface area contributed by atoms with Gasteiger partial charge in [0.2, 0.25) is 5.82 Å². The fourth-order valence-corrected chi connectivity index (χ4v) is 2.82. The minimum atomic E-state index is -0.396. The molecule has 0 unspecified atom stereocenters. The SMILES string of the molecule is CC(C)c1nc(C(=O)N[C@H]2CCCNC2)nn1-c1ccccc1F. The van der Waals surface area contributed by atoms with Crippen LogP contribution in [0.3, 0.4) is 0 Å². The van der Waals surface area contributed by atoms with Crippen LogP contribution >= 0.6 is 0 Å². The molecule has 0 saturated carbocycles. The number of carbonyl (C=O) groups is 1. The predicted octanol–water partition coefficient (Wildman–Crippen LogP) is 2.01. The molecule has 2 heterocycles. The van der Waals surface area contributed by atoms with E-state index < -0.39 is 5.82 Å². The Hall–Kier alpha value is -2.28. The number of benzene rings is 1. The minimum Gasteiger partial charge on any atom is -0.345 e. The van der Waals surface area contributed by atoms with Crippen molar-refractivity contribution in [2.45, 2.75) is 38.6 Å². The van der Waals surface area contributed by atoms with Crippen LogP contribution < -0.4 is 10.6 Å². The molecule has 1 aromatic heterocycles. The number of aromatic nitrogens is 3. The van der Waals surface area contributed by atoms with Gasteiger partial charge in [0.05, 0.1) is 0 Å². The molecule has 0 spiro atoms. The lowest BCUT2D eigenvalue weighted by Gasteiger charge is -2.23. The van der Waals surface area contributed by atoms with Gasteiger partial charge in [-0.15, -0.1) is 5.10 Å². The van der Waals surface area contributed by atoms with Gasteiger partial charge in [0, 0.05) is 18.5 Å². The van der Waals surface area contributed by atoms with Crippen molar-refractivity contribution < 1.29 is 9.18 Å². The van der Waals surface area contributed by atoms with Gasteiger partial charge in [0.25, 0.3) is 5.91 Å². The molecule has 0 bridgehead atoms. The van der Waals surface area contributed by atoms with E-state index in [0.717, 1.165) is 25.9 Å². The van der Waals surface area contributed by atoms with Crippen LogP contribution in [0.25, 0.3) is 5.69 Å². The lowest BCUT2D eigenvalue weighted by atomic mass is 10.1. The van der Waals surface area contributed by atoms with Gasteiger partial charge in [-0.3, -0.25) is 4.79 Å². The third-order valence-corrected chi connectivity index (χ3v) is 4.06. The van der Waals surface area contributed by atoms with Crippen molar-refractivity contribution in [1.82, 2.24) is 25.4 Å². The molecule has 1 saturated heterocycles. The van der Waals surface area contributed by atoms with E-state index in [9.17, 15) is 9.18 Å². The second-order valence-corrected chi connectivity index (χ2v) is 6.33. The van der Waals surface area contributed by atoms with Crippen molar-refractivity contribution in [2.75, 3.05) is 13.1 Å². The Balaban J connectivity index is 1.88. The number of hydrogen-bond acceptors (Lipinski definition) is 4. The highest BCUT2D eigenvalue weighted by Gasteiger charge is 2.23. The number of nitrogens with zero attached hydrogens (tertiary/aromatic N) is 3. The molecule has 24 heavy (non-hydrogen) atoms. The van der Waals surface area contributed by atoms with Gasteiger partial charge in [-0.05, 0) is 31.5 Å². The summed E-state index contributed by atoms with van der Waals surface area (Å²) in [4.78, 5) is 16.8. The molecule has 7 heteroatoms. The van der Waals surface area contributed by atoms with E-state index >= 15 is 0 Å². The number of nitrogens with one attached hydrogen (secondary N) is 2. The predicted molar refractivity (Wildman–Crippen MR) is 88.8 cm³/mol. The van der Waals surface area contributed by atoms with Crippen LogP contribution in [0.2, 0.25) is 0 Å². The number of piperidine rings is 1. The van der Waals surface area contributed by atoms with Crippen molar-refractivity contribution in [2.24, 2.45) is 0 Å². The van der Waals surface area contributed by atoms with Crippen molar-refractivity contribution in [3.8, 4) is 5.69 Å². The summed E-state index contributed by atoms with van der Waals surface area (Å²) in [5.41, 5.74) is 0.298. The van der Waals surface area contributed by atoms with E-state index in [1.54, 1.807) is 18.2 Å². The summed E-state index contributed by atoms with van der Waals surface area (Å²) >= 11 is 0. The van der Waals surface area contributed by atoms with Crippen molar-refractivity contribution in [1.29, 1.82) is 0 Å². The fraction of sp³-hybridized carbons (Fsp3) is 0.471. The molecule has 0 aliphatic carbocycles. The smallest absolute Gasteiger partial charge is 0.291 e. The topological polar surface area (TPSA) is 71.8 Å². The molecular weight excluding hydrogens is 309 g/mol. The first-order chi connectivity index (χ1) is 11.6. The van der Waals surface area contributed by atoms with Gasteiger partial charge in [-0.25, -0.2) is 14.1 Å². The largest absolute Gasteiger partial charge is 0.345 e. The first-order valence-corrected chi connectivity index (χ1v) is 8.29. The highest BCUT2D eigenvalue weighted by atomic mass is 19.1. The zero-order valence-corrected chi connectivity index (χ0v) is 13.9. The van der Waals surface area contributed by atoms with Crippen LogP contribution in [0.15, 0.2) is 24.3 Å². The minimum absolute atomic E-state index is 0.00926. The van der Waals surface area contributed by atoms with Crippen LogP contribution in [0, 0.1) is 5.82 Å². The maximum atomic E-state index is 14.1. The van der Waals surface area contributed by atoms with Gasteiger partial charge in [-0.2, -0.15) is 0 Å². The molecular formula is C17H22FN5O. The molecule has 2 aromatic rings. The summed E-state index contributed by atoms with van der Waals surface area (Å²) in [6.45, 7) is 5.60. The molecule has 1 atom stereocenters. The van der Waals surface area contributed by atoms with E-state index in [4.69, 9.17) is 0 Å². The monoisotopic (exact) mass is 331 g/mol. The molecule has 3 rings (SSSR count). The van der Waals surface area contributed by atoms with Crippen molar-refractivity contribution in [3.05, 3.63) is 41.7 Å². The van der Waals surface area contributed by atoms with E-state index in [-0.39, 0.29) is 23.7 Å². The average molecular weight is 331 g/mol.